The molecule has 1 aliphatic carbocycles. The molecule has 0 amide bonds. The molecule has 1 aromatic rings. The average molecular weight is 284 g/mol. The number of hydrogen-bond acceptors (Lipinski definition) is 3. The zero-order chi connectivity index (χ0) is 13.8. The SMILES string of the molecule is COCCN(CC(=O)O)C1CCc2cc(Cl)ccc21. The Morgan fingerprint density at radius 2 is 2.37 bits per heavy atom. The van der Waals surface area contributed by atoms with E-state index in [1.54, 1.807) is 7.11 Å². The Morgan fingerprint density at radius 3 is 3.05 bits per heavy atom. The molecule has 1 N–H and O–H groups in total. The Balaban J connectivity index is 2.17. The standard InChI is InChI=1S/C14H18ClNO3/c1-19-7-6-16(9-14(17)18)13-5-2-10-8-11(15)3-4-12(10)13/h3-4,8,13H,2,5-7,9H2,1H3,(H,17,18). The number of fused-ring (bicyclic) bond motifs is 1. The van der Waals surface area contributed by atoms with Crippen molar-refractivity contribution in [1.29, 1.82) is 0 Å². The first-order valence-electron chi connectivity index (χ1n) is 6.35. The number of methoxy groups -OCH3 is 1. The summed E-state index contributed by atoms with van der Waals surface area (Å²) in [6.45, 7) is 1.19. The van der Waals surface area contributed by atoms with Crippen LogP contribution in [-0.2, 0) is 16.0 Å². The molecule has 0 aliphatic heterocycles. The zero-order valence-electron chi connectivity index (χ0n) is 10.9. The first-order chi connectivity index (χ1) is 9.11. The van der Waals surface area contributed by atoms with Crippen LogP contribution in [0.15, 0.2) is 18.2 Å². The second kappa shape index (κ2) is 6.37. The number of carboxylic acid groups (broad SMARTS) is 1. The molecule has 19 heavy (non-hydrogen) atoms. The summed E-state index contributed by atoms with van der Waals surface area (Å²) in [4.78, 5) is 13.0. The first-order valence-corrected chi connectivity index (χ1v) is 6.72. The number of carboxylic acids is 1. The van der Waals surface area contributed by atoms with Crippen molar-refractivity contribution in [3.63, 3.8) is 0 Å². The molecule has 0 aromatic heterocycles. The van der Waals surface area contributed by atoms with Crippen molar-refractivity contribution in [2.75, 3.05) is 26.8 Å². The summed E-state index contributed by atoms with van der Waals surface area (Å²) < 4.78 is 5.06. The summed E-state index contributed by atoms with van der Waals surface area (Å²) in [6, 6.07) is 6.01. The fraction of sp³-hybridized carbons (Fsp3) is 0.500. The lowest BCUT2D eigenvalue weighted by atomic mass is 10.1. The summed E-state index contributed by atoms with van der Waals surface area (Å²) >= 11 is 5.99. The first kappa shape index (κ1) is 14.3. The Morgan fingerprint density at radius 1 is 1.58 bits per heavy atom. The fourth-order valence-corrected chi connectivity index (χ4v) is 2.86. The normalized spacial score (nSPS) is 17.7. The van der Waals surface area contributed by atoms with Crippen molar-refractivity contribution in [3.8, 4) is 0 Å². The lowest BCUT2D eigenvalue weighted by Gasteiger charge is -2.27. The molecule has 5 heteroatoms. The summed E-state index contributed by atoms with van der Waals surface area (Å²) in [5, 5.41) is 9.77. The van der Waals surface area contributed by atoms with Gasteiger partial charge in [0.1, 0.15) is 0 Å². The lowest BCUT2D eigenvalue weighted by molar-refractivity contribution is -0.139. The highest BCUT2D eigenvalue weighted by atomic mass is 35.5. The molecule has 0 radical (unpaired) electrons. The van der Waals surface area contributed by atoms with Gasteiger partial charge in [0, 0.05) is 24.7 Å². The highest BCUT2D eigenvalue weighted by Gasteiger charge is 2.28. The highest BCUT2D eigenvalue weighted by molar-refractivity contribution is 6.30. The van der Waals surface area contributed by atoms with Crippen LogP contribution in [0.25, 0.3) is 0 Å². The van der Waals surface area contributed by atoms with Gasteiger partial charge in [-0.2, -0.15) is 0 Å². The molecule has 0 heterocycles. The molecule has 0 fully saturated rings. The topological polar surface area (TPSA) is 49.8 Å². The van der Waals surface area contributed by atoms with Crippen molar-refractivity contribution in [1.82, 2.24) is 4.90 Å². The van der Waals surface area contributed by atoms with Gasteiger partial charge in [-0.25, -0.2) is 0 Å². The van der Waals surface area contributed by atoms with E-state index in [1.807, 2.05) is 23.1 Å². The van der Waals surface area contributed by atoms with Gasteiger partial charge in [0.15, 0.2) is 0 Å². The lowest BCUT2D eigenvalue weighted by Crippen LogP contribution is -2.35. The van der Waals surface area contributed by atoms with Gasteiger partial charge in [-0.3, -0.25) is 9.69 Å². The summed E-state index contributed by atoms with van der Waals surface area (Å²) in [5.74, 6) is -0.807. The zero-order valence-corrected chi connectivity index (χ0v) is 11.7. The van der Waals surface area contributed by atoms with Gasteiger partial charge in [-0.15, -0.1) is 0 Å². The molecule has 1 aliphatic rings. The van der Waals surface area contributed by atoms with Gasteiger partial charge < -0.3 is 9.84 Å². The summed E-state index contributed by atoms with van der Waals surface area (Å²) in [5.41, 5.74) is 2.42. The Labute approximate surface area is 117 Å². The largest absolute Gasteiger partial charge is 0.480 e. The molecule has 0 spiro atoms. The number of hydrogen-bond donors (Lipinski definition) is 1. The number of aryl methyl sites for hydroxylation is 1. The molecule has 1 unspecified atom stereocenters. The van der Waals surface area contributed by atoms with Gasteiger partial charge in [-0.05, 0) is 36.1 Å². The van der Waals surface area contributed by atoms with E-state index < -0.39 is 5.97 Å². The minimum atomic E-state index is -0.807. The van der Waals surface area contributed by atoms with Crippen molar-refractivity contribution in [2.45, 2.75) is 18.9 Å². The second-order valence-corrected chi connectivity index (χ2v) is 5.19. The minimum Gasteiger partial charge on any atom is -0.480 e. The third kappa shape index (κ3) is 3.47. The predicted molar refractivity (Wildman–Crippen MR) is 73.6 cm³/mol. The van der Waals surface area contributed by atoms with E-state index in [1.165, 1.54) is 11.1 Å². The van der Waals surface area contributed by atoms with E-state index in [0.29, 0.717) is 13.2 Å². The maximum atomic E-state index is 11.0. The molecule has 1 atom stereocenters. The van der Waals surface area contributed by atoms with E-state index in [-0.39, 0.29) is 12.6 Å². The maximum absolute atomic E-state index is 11.0. The predicted octanol–water partition coefficient (Wildman–Crippen LogP) is 2.36. The van der Waals surface area contributed by atoms with Crippen molar-refractivity contribution in [2.24, 2.45) is 0 Å². The number of nitrogens with zero attached hydrogens (tertiary/aromatic N) is 1. The molecule has 2 rings (SSSR count). The smallest absolute Gasteiger partial charge is 0.317 e. The molecule has 4 nitrogen and oxygen atoms in total. The monoisotopic (exact) mass is 283 g/mol. The molecular formula is C14H18ClNO3. The van der Waals surface area contributed by atoms with E-state index in [0.717, 1.165) is 17.9 Å². The van der Waals surface area contributed by atoms with Crippen LogP contribution in [0.2, 0.25) is 5.02 Å². The van der Waals surface area contributed by atoms with Crippen LogP contribution in [0, 0.1) is 0 Å². The summed E-state index contributed by atoms with van der Waals surface area (Å²) in [6.07, 6.45) is 1.89. The van der Waals surface area contributed by atoms with Crippen molar-refractivity contribution < 1.29 is 14.6 Å². The quantitative estimate of drug-likeness (QED) is 0.871. The fourth-order valence-electron chi connectivity index (χ4n) is 2.67. The third-order valence-corrected chi connectivity index (χ3v) is 3.75. The van der Waals surface area contributed by atoms with Crippen LogP contribution < -0.4 is 0 Å². The van der Waals surface area contributed by atoms with Crippen LogP contribution in [0.3, 0.4) is 0 Å². The molecule has 0 saturated carbocycles. The van der Waals surface area contributed by atoms with Crippen LogP contribution in [0.1, 0.15) is 23.6 Å². The van der Waals surface area contributed by atoms with E-state index in [4.69, 9.17) is 21.4 Å². The van der Waals surface area contributed by atoms with Crippen LogP contribution in [-0.4, -0.2) is 42.8 Å². The number of carbonyl (C=O) groups is 1. The third-order valence-electron chi connectivity index (χ3n) is 3.51. The highest BCUT2D eigenvalue weighted by Crippen LogP contribution is 2.36. The molecule has 104 valence electrons. The van der Waals surface area contributed by atoms with Crippen LogP contribution >= 0.6 is 11.6 Å². The van der Waals surface area contributed by atoms with Gasteiger partial charge in [0.25, 0.3) is 0 Å². The van der Waals surface area contributed by atoms with Gasteiger partial charge in [0.2, 0.25) is 0 Å². The number of rotatable bonds is 6. The van der Waals surface area contributed by atoms with Gasteiger partial charge in [-0.1, -0.05) is 17.7 Å². The molecular weight excluding hydrogens is 266 g/mol. The van der Waals surface area contributed by atoms with E-state index in [2.05, 4.69) is 0 Å². The number of ether oxygens (including phenoxy) is 1. The Hall–Kier alpha value is -1.10. The molecule has 0 saturated heterocycles. The van der Waals surface area contributed by atoms with Crippen LogP contribution in [0.5, 0.6) is 0 Å². The number of benzene rings is 1. The average Bonchev–Trinajstić information content (AvgIpc) is 2.76. The molecule has 1 aromatic carbocycles. The number of aliphatic carboxylic acids is 1. The van der Waals surface area contributed by atoms with Gasteiger partial charge >= 0.3 is 5.97 Å². The van der Waals surface area contributed by atoms with Crippen molar-refractivity contribution >= 4 is 17.6 Å². The van der Waals surface area contributed by atoms with E-state index >= 15 is 0 Å². The summed E-state index contributed by atoms with van der Waals surface area (Å²) in [7, 11) is 1.63. The minimum absolute atomic E-state index is 0.0378. The Bertz CT molecular complexity index is 464. The molecule has 0 bridgehead atoms. The Kier molecular flexibility index (Phi) is 4.80. The van der Waals surface area contributed by atoms with Crippen molar-refractivity contribution in [3.05, 3.63) is 34.3 Å². The number of halogens is 1. The van der Waals surface area contributed by atoms with Crippen LogP contribution in [0.4, 0.5) is 0 Å². The maximum Gasteiger partial charge on any atom is 0.317 e. The van der Waals surface area contributed by atoms with E-state index in [9.17, 15) is 4.79 Å². The van der Waals surface area contributed by atoms with Gasteiger partial charge in [0.05, 0.1) is 13.2 Å². The second-order valence-electron chi connectivity index (χ2n) is 4.75.